The number of carbonyl (C=O) groups excluding carboxylic acids is 2. The van der Waals surface area contributed by atoms with Gasteiger partial charge in [-0.1, -0.05) is 0 Å². The van der Waals surface area contributed by atoms with E-state index in [1.54, 1.807) is 5.32 Å². The third kappa shape index (κ3) is 3.51. The van der Waals surface area contributed by atoms with E-state index < -0.39 is 35.7 Å². The Kier molecular flexibility index (Phi) is 4.02. The van der Waals surface area contributed by atoms with Crippen molar-refractivity contribution in [3.8, 4) is 0 Å². The van der Waals surface area contributed by atoms with Crippen molar-refractivity contribution in [3.63, 3.8) is 0 Å². The zero-order valence-corrected chi connectivity index (χ0v) is 11.0. The molecule has 0 unspecified atom stereocenters. The predicted octanol–water partition coefficient (Wildman–Crippen LogP) is 1.72. The van der Waals surface area contributed by atoms with E-state index in [9.17, 15) is 22.8 Å². The van der Waals surface area contributed by atoms with Crippen LogP contribution in [0.1, 0.15) is 33.6 Å². The molecule has 0 aromatic rings. The van der Waals surface area contributed by atoms with Crippen LogP contribution >= 0.6 is 0 Å². The lowest BCUT2D eigenvalue weighted by Gasteiger charge is -2.38. The van der Waals surface area contributed by atoms with Crippen LogP contribution in [0.15, 0.2) is 0 Å². The molecule has 0 bridgehead atoms. The quantitative estimate of drug-likeness (QED) is 0.769. The number of piperidine rings is 1. The second-order valence-electron chi connectivity index (χ2n) is 5.39. The number of carbonyl (C=O) groups is 2. The van der Waals surface area contributed by atoms with Gasteiger partial charge in [0.15, 0.2) is 0 Å². The summed E-state index contributed by atoms with van der Waals surface area (Å²) in [7, 11) is 0. The molecule has 1 aliphatic rings. The molecule has 1 saturated heterocycles. The van der Waals surface area contributed by atoms with Gasteiger partial charge < -0.3 is 10.1 Å². The third-order valence-electron chi connectivity index (χ3n) is 2.60. The number of alkyl carbamates (subject to hydrolysis) is 1. The van der Waals surface area contributed by atoms with Gasteiger partial charge in [0.1, 0.15) is 5.60 Å². The molecule has 5 nitrogen and oxygen atoms in total. The van der Waals surface area contributed by atoms with Crippen LogP contribution in [0.5, 0.6) is 0 Å². The van der Waals surface area contributed by atoms with Gasteiger partial charge in [0.05, 0.1) is 0 Å². The number of amides is 2. The van der Waals surface area contributed by atoms with E-state index in [4.69, 9.17) is 4.74 Å². The van der Waals surface area contributed by atoms with Crippen LogP contribution in [0.25, 0.3) is 0 Å². The normalized spacial score (nSPS) is 24.6. The average Bonchev–Trinajstić information content (AvgIpc) is 2.16. The fourth-order valence-corrected chi connectivity index (χ4v) is 1.76. The molecule has 0 aliphatic carbocycles. The Morgan fingerprint density at radius 1 is 1.37 bits per heavy atom. The maximum atomic E-state index is 13.1. The second-order valence-corrected chi connectivity index (χ2v) is 5.39. The number of alkyl halides is 3. The smallest absolute Gasteiger partial charge is 0.420 e. The fourth-order valence-electron chi connectivity index (χ4n) is 1.76. The lowest BCUT2D eigenvalue weighted by Crippen LogP contribution is -2.69. The highest BCUT2D eigenvalue weighted by atomic mass is 19.4. The number of halogens is 3. The lowest BCUT2D eigenvalue weighted by molar-refractivity contribution is -0.203. The molecule has 2 amide bonds. The van der Waals surface area contributed by atoms with Gasteiger partial charge in [-0.05, 0) is 33.6 Å². The minimum atomic E-state index is -4.88. The molecule has 1 rings (SSSR count). The molecule has 1 aliphatic heterocycles. The van der Waals surface area contributed by atoms with Crippen molar-refractivity contribution in [1.82, 2.24) is 10.6 Å². The van der Waals surface area contributed by atoms with Gasteiger partial charge in [-0.25, -0.2) is 4.79 Å². The maximum absolute atomic E-state index is 13.1. The summed E-state index contributed by atoms with van der Waals surface area (Å²) in [5.41, 5.74) is -3.85. The maximum Gasteiger partial charge on any atom is 0.420 e. The Morgan fingerprint density at radius 2 is 1.95 bits per heavy atom. The molecule has 1 heterocycles. The molecular formula is C11H17F3N2O3. The van der Waals surface area contributed by atoms with Gasteiger partial charge in [0.25, 0.3) is 5.91 Å². The van der Waals surface area contributed by atoms with Crippen LogP contribution in [0, 0.1) is 0 Å². The first-order chi connectivity index (χ1) is 8.48. The highest BCUT2D eigenvalue weighted by molar-refractivity contribution is 5.91. The lowest BCUT2D eigenvalue weighted by atomic mass is 9.88. The van der Waals surface area contributed by atoms with Gasteiger partial charge in [-0.3, -0.25) is 10.1 Å². The fraction of sp³-hybridized carbons (Fsp3) is 0.818. The number of rotatable bonds is 1. The first kappa shape index (κ1) is 15.6. The van der Waals surface area contributed by atoms with Crippen LogP contribution < -0.4 is 10.6 Å². The zero-order valence-electron chi connectivity index (χ0n) is 11.0. The zero-order chi connectivity index (χ0) is 14.9. The molecule has 0 spiro atoms. The van der Waals surface area contributed by atoms with Gasteiger partial charge in [-0.2, -0.15) is 13.2 Å². The molecule has 1 fully saturated rings. The minimum Gasteiger partial charge on any atom is -0.444 e. The van der Waals surface area contributed by atoms with Gasteiger partial charge >= 0.3 is 12.3 Å². The molecule has 0 aromatic carbocycles. The van der Waals surface area contributed by atoms with Crippen LogP contribution in [0.2, 0.25) is 0 Å². The summed E-state index contributed by atoms with van der Waals surface area (Å²) < 4.78 is 44.1. The Bertz CT molecular complexity index is 376. The molecule has 19 heavy (non-hydrogen) atoms. The van der Waals surface area contributed by atoms with Crippen molar-refractivity contribution in [2.45, 2.75) is 50.9 Å². The molecular weight excluding hydrogens is 265 g/mol. The summed E-state index contributed by atoms with van der Waals surface area (Å²) in [6, 6.07) is 0. The summed E-state index contributed by atoms with van der Waals surface area (Å²) in [6.07, 6.45) is -6.52. The Labute approximate surface area is 108 Å². The monoisotopic (exact) mass is 282 g/mol. The van der Waals surface area contributed by atoms with Crippen molar-refractivity contribution in [2.75, 3.05) is 6.54 Å². The van der Waals surface area contributed by atoms with E-state index in [2.05, 4.69) is 5.32 Å². The summed E-state index contributed by atoms with van der Waals surface area (Å²) in [4.78, 5) is 23.1. The first-order valence-corrected chi connectivity index (χ1v) is 5.84. The molecule has 8 heteroatoms. The Balaban J connectivity index is 2.94. The third-order valence-corrected chi connectivity index (χ3v) is 2.60. The van der Waals surface area contributed by atoms with Crippen molar-refractivity contribution in [3.05, 3.63) is 0 Å². The van der Waals surface area contributed by atoms with Crippen LogP contribution in [0.4, 0.5) is 18.0 Å². The standard InChI is InChI=1S/C11H17F3N2O3/c1-9(2,3)19-8(18)16-10(11(12,13)14)5-4-6-15-7(10)17/h4-6H2,1-3H3,(H,15,17)(H,16,18)/t10-/m1/s1. The number of hydrogen-bond acceptors (Lipinski definition) is 3. The van der Waals surface area contributed by atoms with Crippen molar-refractivity contribution < 1.29 is 27.5 Å². The molecule has 0 aromatic heterocycles. The predicted molar refractivity (Wildman–Crippen MR) is 60.4 cm³/mol. The van der Waals surface area contributed by atoms with E-state index in [1.165, 1.54) is 20.8 Å². The van der Waals surface area contributed by atoms with E-state index in [0.29, 0.717) is 0 Å². The van der Waals surface area contributed by atoms with Gasteiger partial charge in [0, 0.05) is 6.54 Å². The van der Waals surface area contributed by atoms with Crippen LogP contribution in [-0.4, -0.2) is 35.9 Å². The summed E-state index contributed by atoms with van der Waals surface area (Å²) in [6.45, 7) is 4.72. The molecule has 0 saturated carbocycles. The number of nitrogens with one attached hydrogen (secondary N) is 2. The Hall–Kier alpha value is -1.47. The van der Waals surface area contributed by atoms with Crippen LogP contribution in [0.3, 0.4) is 0 Å². The SMILES string of the molecule is CC(C)(C)OC(=O)N[C@]1(C(F)(F)F)CCCNC1=O. The van der Waals surface area contributed by atoms with Gasteiger partial charge in [0.2, 0.25) is 5.54 Å². The summed E-state index contributed by atoms with van der Waals surface area (Å²) in [5.74, 6) is -1.25. The highest BCUT2D eigenvalue weighted by Gasteiger charge is 2.62. The molecule has 0 radical (unpaired) electrons. The van der Waals surface area contributed by atoms with Gasteiger partial charge in [-0.15, -0.1) is 0 Å². The first-order valence-electron chi connectivity index (χ1n) is 5.84. The second kappa shape index (κ2) is 4.90. The largest absolute Gasteiger partial charge is 0.444 e. The van der Waals surface area contributed by atoms with E-state index in [1.807, 2.05) is 0 Å². The number of ether oxygens (including phenoxy) is 1. The van der Waals surface area contributed by atoms with Crippen molar-refractivity contribution in [2.24, 2.45) is 0 Å². The topological polar surface area (TPSA) is 67.4 Å². The summed E-state index contributed by atoms with van der Waals surface area (Å²) in [5, 5.41) is 3.80. The summed E-state index contributed by atoms with van der Waals surface area (Å²) >= 11 is 0. The number of hydrogen-bond donors (Lipinski definition) is 2. The molecule has 2 N–H and O–H groups in total. The minimum absolute atomic E-state index is 0.126. The van der Waals surface area contributed by atoms with E-state index >= 15 is 0 Å². The molecule has 110 valence electrons. The van der Waals surface area contributed by atoms with E-state index in [-0.39, 0.29) is 13.0 Å². The van der Waals surface area contributed by atoms with Crippen molar-refractivity contribution >= 4 is 12.0 Å². The Morgan fingerprint density at radius 3 is 2.37 bits per heavy atom. The average molecular weight is 282 g/mol. The molecule has 1 atom stereocenters. The van der Waals surface area contributed by atoms with E-state index in [0.717, 1.165) is 0 Å². The highest BCUT2D eigenvalue weighted by Crippen LogP contribution is 2.36. The van der Waals surface area contributed by atoms with Crippen LogP contribution in [-0.2, 0) is 9.53 Å². The van der Waals surface area contributed by atoms with Crippen molar-refractivity contribution in [1.29, 1.82) is 0 Å².